The molecular formula is C33H33F3N8O5. The number of hydrogen-bond acceptors (Lipinski definition) is 10. The highest BCUT2D eigenvalue weighted by molar-refractivity contribution is 6.03. The van der Waals surface area contributed by atoms with Gasteiger partial charge in [0.25, 0.3) is 5.91 Å². The Hall–Kier alpha value is -5.64. The molecule has 6 rings (SSSR count). The van der Waals surface area contributed by atoms with Gasteiger partial charge in [0.1, 0.15) is 22.6 Å². The van der Waals surface area contributed by atoms with Crippen LogP contribution in [-0.4, -0.2) is 73.9 Å². The topological polar surface area (TPSA) is 138 Å². The smallest absolute Gasteiger partial charge is 0.492 e. The van der Waals surface area contributed by atoms with Crippen LogP contribution in [0.4, 0.5) is 24.8 Å². The first-order valence-corrected chi connectivity index (χ1v) is 15.4. The zero-order valence-corrected chi connectivity index (χ0v) is 26.8. The van der Waals surface area contributed by atoms with E-state index in [0.29, 0.717) is 64.9 Å². The van der Waals surface area contributed by atoms with Gasteiger partial charge in [0.2, 0.25) is 0 Å². The molecule has 0 unspecified atom stereocenters. The third-order valence-corrected chi connectivity index (χ3v) is 7.95. The molecule has 49 heavy (non-hydrogen) atoms. The van der Waals surface area contributed by atoms with Crippen LogP contribution in [-0.2, 0) is 23.2 Å². The molecule has 2 N–H and O–H groups in total. The highest BCUT2D eigenvalue weighted by Crippen LogP contribution is 2.35. The Morgan fingerprint density at radius 1 is 1.02 bits per heavy atom. The Morgan fingerprint density at radius 2 is 1.76 bits per heavy atom. The number of hydrogen-bond donors (Lipinski definition) is 2. The molecule has 0 bridgehead atoms. The van der Waals surface area contributed by atoms with Gasteiger partial charge < -0.3 is 24.9 Å². The second-order valence-corrected chi connectivity index (χ2v) is 11.5. The van der Waals surface area contributed by atoms with Crippen LogP contribution in [0.1, 0.15) is 34.5 Å². The fourth-order valence-corrected chi connectivity index (χ4v) is 5.39. The summed E-state index contributed by atoms with van der Waals surface area (Å²) in [5, 5.41) is 16.7. The fourth-order valence-electron chi connectivity index (χ4n) is 5.39. The number of aryl methyl sites for hydroxylation is 2. The number of alkyl halides is 3. The number of nitrogens with one attached hydrogen (secondary N) is 2. The minimum Gasteiger partial charge on any atom is -0.497 e. The van der Waals surface area contributed by atoms with E-state index < -0.39 is 18.2 Å². The standard InChI is InChI=1S/C33H33F3N8O5/c1-20-17-27(40-42(20)2)39-31(45)22-8-12-25(13-9-22)48-26-14-15-37-30-28(26)29(41-44(30)18-21-6-10-24(47-3)11-7-21)38-23-5-4-16-43(19-23)49-32(46)33(34,35)36/h6-15,17,23H,4-5,16,18-19H2,1-3H3,(H,38,41)(H,39,40,45)/t23-/m1/s1. The number of pyridine rings is 1. The maximum absolute atomic E-state index is 12.9. The molecule has 0 radical (unpaired) electrons. The maximum atomic E-state index is 12.9. The molecular weight excluding hydrogens is 645 g/mol. The fraction of sp³-hybridized carbons (Fsp3) is 0.303. The molecule has 1 saturated heterocycles. The van der Waals surface area contributed by atoms with Gasteiger partial charge in [-0.05, 0) is 61.7 Å². The van der Waals surface area contributed by atoms with Gasteiger partial charge in [-0.2, -0.15) is 23.4 Å². The number of carbonyl (C=O) groups excluding carboxylic acids is 2. The van der Waals surface area contributed by atoms with Crippen LogP contribution < -0.4 is 20.1 Å². The van der Waals surface area contributed by atoms with E-state index in [2.05, 4.69) is 25.6 Å². The summed E-state index contributed by atoms with van der Waals surface area (Å²) in [6.45, 7) is 2.40. The zero-order valence-electron chi connectivity index (χ0n) is 26.8. The van der Waals surface area contributed by atoms with Gasteiger partial charge in [-0.1, -0.05) is 12.1 Å². The van der Waals surface area contributed by atoms with Crippen molar-refractivity contribution in [1.82, 2.24) is 29.6 Å². The number of hydroxylamine groups is 2. The van der Waals surface area contributed by atoms with Crippen molar-refractivity contribution in [1.29, 1.82) is 0 Å². The van der Waals surface area contributed by atoms with Crippen LogP contribution >= 0.6 is 0 Å². The summed E-state index contributed by atoms with van der Waals surface area (Å²) in [7, 11) is 3.37. The van der Waals surface area contributed by atoms with Crippen molar-refractivity contribution in [2.24, 2.45) is 7.05 Å². The van der Waals surface area contributed by atoms with Crippen molar-refractivity contribution in [2.45, 2.75) is 38.5 Å². The Balaban J connectivity index is 1.26. The van der Waals surface area contributed by atoms with Crippen LogP contribution in [0.3, 0.4) is 0 Å². The second kappa shape index (κ2) is 13.8. The molecule has 0 spiro atoms. The van der Waals surface area contributed by atoms with Gasteiger partial charge in [-0.15, -0.1) is 5.06 Å². The molecule has 1 aliphatic heterocycles. The first kappa shape index (κ1) is 33.3. The molecule has 1 aliphatic rings. The first-order valence-electron chi connectivity index (χ1n) is 15.4. The summed E-state index contributed by atoms with van der Waals surface area (Å²) in [5.41, 5.74) is 2.71. The molecule has 4 heterocycles. The van der Waals surface area contributed by atoms with E-state index in [-0.39, 0.29) is 19.0 Å². The van der Waals surface area contributed by atoms with Crippen LogP contribution in [0.15, 0.2) is 66.9 Å². The van der Waals surface area contributed by atoms with Gasteiger partial charge in [-0.25, -0.2) is 14.5 Å². The molecule has 0 aliphatic carbocycles. The summed E-state index contributed by atoms with van der Waals surface area (Å²) in [4.78, 5) is 33.5. The van der Waals surface area contributed by atoms with Gasteiger partial charge in [0, 0.05) is 49.2 Å². The summed E-state index contributed by atoms with van der Waals surface area (Å²) >= 11 is 0. The lowest BCUT2D eigenvalue weighted by atomic mass is 10.1. The molecule has 13 nitrogen and oxygen atoms in total. The lowest BCUT2D eigenvalue weighted by molar-refractivity contribution is -0.241. The quantitative estimate of drug-likeness (QED) is 0.196. The molecule has 5 aromatic rings. The lowest BCUT2D eigenvalue weighted by Crippen LogP contribution is -2.45. The van der Waals surface area contributed by atoms with Crippen molar-refractivity contribution in [3.63, 3.8) is 0 Å². The van der Waals surface area contributed by atoms with Crippen molar-refractivity contribution in [3.8, 4) is 17.2 Å². The summed E-state index contributed by atoms with van der Waals surface area (Å²) in [5.74, 6) is -0.214. The Morgan fingerprint density at radius 3 is 2.43 bits per heavy atom. The van der Waals surface area contributed by atoms with Crippen molar-refractivity contribution < 1.29 is 37.1 Å². The number of benzene rings is 2. The van der Waals surface area contributed by atoms with Gasteiger partial charge in [-0.3, -0.25) is 9.48 Å². The predicted octanol–water partition coefficient (Wildman–Crippen LogP) is 5.47. The monoisotopic (exact) mass is 678 g/mol. The summed E-state index contributed by atoms with van der Waals surface area (Å²) in [6.07, 6.45) is -2.45. The normalized spacial score (nSPS) is 15.2. The molecule has 1 fully saturated rings. The number of anilines is 2. The molecule has 1 atom stereocenters. The maximum Gasteiger partial charge on any atom is 0.492 e. The van der Waals surface area contributed by atoms with Crippen molar-refractivity contribution in [3.05, 3.63) is 83.7 Å². The number of fused-ring (bicyclic) bond motifs is 1. The molecule has 0 saturated carbocycles. The Kier molecular flexibility index (Phi) is 9.40. The van der Waals surface area contributed by atoms with Gasteiger partial charge in [0.15, 0.2) is 17.3 Å². The van der Waals surface area contributed by atoms with Crippen LogP contribution in [0.2, 0.25) is 0 Å². The van der Waals surface area contributed by atoms with E-state index >= 15 is 0 Å². The molecule has 2 aromatic carbocycles. The summed E-state index contributed by atoms with van der Waals surface area (Å²) < 4.78 is 53.5. The number of nitrogens with zero attached hydrogens (tertiary/aromatic N) is 6. The van der Waals surface area contributed by atoms with Crippen LogP contribution in [0, 0.1) is 6.92 Å². The van der Waals surface area contributed by atoms with Crippen molar-refractivity contribution in [2.75, 3.05) is 30.8 Å². The number of rotatable bonds is 10. The number of carbonyl (C=O) groups is 2. The van der Waals surface area contributed by atoms with Gasteiger partial charge in [0.05, 0.1) is 20.2 Å². The van der Waals surface area contributed by atoms with Gasteiger partial charge >= 0.3 is 12.1 Å². The average molecular weight is 679 g/mol. The highest BCUT2D eigenvalue weighted by atomic mass is 19.4. The second-order valence-electron chi connectivity index (χ2n) is 11.5. The minimum absolute atomic E-state index is 0.00665. The van der Waals surface area contributed by atoms with E-state index in [1.54, 1.807) is 66.1 Å². The predicted molar refractivity (Wildman–Crippen MR) is 172 cm³/mol. The molecule has 16 heteroatoms. The number of aromatic nitrogens is 5. The highest BCUT2D eigenvalue weighted by Gasteiger charge is 2.43. The number of methoxy groups -OCH3 is 1. The molecule has 1 amide bonds. The number of ether oxygens (including phenoxy) is 2. The Bertz CT molecular complexity index is 1940. The van der Waals surface area contributed by atoms with E-state index in [4.69, 9.17) is 14.6 Å². The van der Waals surface area contributed by atoms with E-state index in [1.807, 2.05) is 31.2 Å². The minimum atomic E-state index is -5.10. The lowest BCUT2D eigenvalue weighted by Gasteiger charge is -2.31. The zero-order chi connectivity index (χ0) is 34.7. The first-order chi connectivity index (χ1) is 23.5. The van der Waals surface area contributed by atoms with E-state index in [9.17, 15) is 22.8 Å². The van der Waals surface area contributed by atoms with Crippen LogP contribution in [0.25, 0.3) is 11.0 Å². The average Bonchev–Trinajstić information content (AvgIpc) is 3.58. The van der Waals surface area contributed by atoms with E-state index in [0.717, 1.165) is 16.3 Å². The third-order valence-electron chi connectivity index (χ3n) is 7.95. The summed E-state index contributed by atoms with van der Waals surface area (Å²) in [6, 6.07) is 17.1. The van der Waals surface area contributed by atoms with Crippen molar-refractivity contribution >= 4 is 34.5 Å². The number of amides is 1. The number of halogens is 3. The number of piperidine rings is 1. The van der Waals surface area contributed by atoms with Crippen LogP contribution in [0.5, 0.6) is 17.2 Å². The SMILES string of the molecule is COc1ccc(Cn2nc(N[C@@H]3CCCN(OC(=O)C(F)(F)F)C3)c3c(Oc4ccc(C(=O)Nc5cc(C)n(C)n5)cc4)ccnc32)cc1. The largest absolute Gasteiger partial charge is 0.497 e. The molecule has 256 valence electrons. The van der Waals surface area contributed by atoms with E-state index in [1.165, 1.54) is 0 Å². The molecule has 3 aromatic heterocycles. The Labute approximate surface area is 278 Å². The third kappa shape index (κ3) is 7.75.